The third-order valence-corrected chi connectivity index (χ3v) is 3.68. The number of nitrogens with zero attached hydrogens (tertiary/aromatic N) is 2. The Kier molecular flexibility index (Phi) is 4.93. The standard InChI is InChI=1S/C20H17FN2O3/c1-13(2)11-19(24)26-12-18-22-17-6-4-3-5-16(17)20(25)23(18)15-9-7-14(21)8-10-15/h3-11H,12H2,1-2H3. The number of benzene rings is 2. The number of esters is 1. The second kappa shape index (κ2) is 7.31. The molecule has 1 heterocycles. The molecule has 0 bridgehead atoms. The highest BCUT2D eigenvalue weighted by Gasteiger charge is 2.14. The third-order valence-electron chi connectivity index (χ3n) is 3.68. The summed E-state index contributed by atoms with van der Waals surface area (Å²) in [5.41, 5.74) is 1.44. The van der Waals surface area contributed by atoms with Crippen molar-refractivity contribution in [1.82, 2.24) is 9.55 Å². The van der Waals surface area contributed by atoms with Gasteiger partial charge in [0.05, 0.1) is 16.6 Å². The van der Waals surface area contributed by atoms with E-state index < -0.39 is 11.8 Å². The van der Waals surface area contributed by atoms with E-state index in [4.69, 9.17) is 4.74 Å². The fourth-order valence-electron chi connectivity index (χ4n) is 2.55. The molecule has 132 valence electrons. The van der Waals surface area contributed by atoms with Crippen molar-refractivity contribution in [3.05, 3.63) is 82.2 Å². The SMILES string of the molecule is CC(C)=CC(=O)OCc1nc2ccccc2c(=O)n1-c1ccc(F)cc1. The van der Waals surface area contributed by atoms with Crippen molar-refractivity contribution in [2.45, 2.75) is 20.5 Å². The average Bonchev–Trinajstić information content (AvgIpc) is 2.61. The maximum absolute atomic E-state index is 13.3. The highest BCUT2D eigenvalue weighted by molar-refractivity contribution is 5.82. The number of hydrogen-bond acceptors (Lipinski definition) is 4. The van der Waals surface area contributed by atoms with Crippen molar-refractivity contribution in [2.75, 3.05) is 0 Å². The highest BCUT2D eigenvalue weighted by Crippen LogP contribution is 2.14. The monoisotopic (exact) mass is 352 g/mol. The summed E-state index contributed by atoms with van der Waals surface area (Å²) < 4.78 is 19.8. The van der Waals surface area contributed by atoms with Crippen molar-refractivity contribution in [3.63, 3.8) is 0 Å². The minimum absolute atomic E-state index is 0.180. The molecule has 26 heavy (non-hydrogen) atoms. The topological polar surface area (TPSA) is 61.2 Å². The number of halogens is 1. The van der Waals surface area contributed by atoms with Crippen molar-refractivity contribution in [2.24, 2.45) is 0 Å². The van der Waals surface area contributed by atoms with E-state index in [9.17, 15) is 14.0 Å². The minimum Gasteiger partial charge on any atom is -0.454 e. The Morgan fingerprint density at radius 2 is 1.85 bits per heavy atom. The lowest BCUT2D eigenvalue weighted by Gasteiger charge is -2.13. The van der Waals surface area contributed by atoms with Crippen molar-refractivity contribution in [3.8, 4) is 5.69 Å². The van der Waals surface area contributed by atoms with E-state index >= 15 is 0 Å². The summed E-state index contributed by atoms with van der Waals surface area (Å²) in [7, 11) is 0. The van der Waals surface area contributed by atoms with E-state index in [-0.39, 0.29) is 18.0 Å². The molecule has 2 aromatic carbocycles. The first kappa shape index (κ1) is 17.5. The van der Waals surface area contributed by atoms with Crippen LogP contribution in [0.15, 0.2) is 65.0 Å². The number of carbonyl (C=O) groups is 1. The van der Waals surface area contributed by atoms with Gasteiger partial charge in [-0.3, -0.25) is 9.36 Å². The van der Waals surface area contributed by atoms with E-state index in [0.29, 0.717) is 16.6 Å². The number of carbonyl (C=O) groups excluding carboxylic acids is 1. The largest absolute Gasteiger partial charge is 0.454 e. The van der Waals surface area contributed by atoms with Crippen molar-refractivity contribution in [1.29, 1.82) is 0 Å². The van der Waals surface area contributed by atoms with Gasteiger partial charge in [0.15, 0.2) is 5.82 Å². The van der Waals surface area contributed by atoms with Gasteiger partial charge in [0.25, 0.3) is 5.56 Å². The summed E-state index contributed by atoms with van der Waals surface area (Å²) in [6.07, 6.45) is 1.36. The van der Waals surface area contributed by atoms with E-state index in [1.54, 1.807) is 38.1 Å². The zero-order valence-corrected chi connectivity index (χ0v) is 14.4. The van der Waals surface area contributed by atoms with Gasteiger partial charge in [0.2, 0.25) is 0 Å². The van der Waals surface area contributed by atoms with E-state index in [0.717, 1.165) is 5.57 Å². The molecule has 1 aromatic heterocycles. The molecule has 3 aromatic rings. The quantitative estimate of drug-likeness (QED) is 0.532. The molecule has 0 aliphatic carbocycles. The zero-order valence-electron chi connectivity index (χ0n) is 14.4. The van der Waals surface area contributed by atoms with Crippen LogP contribution in [-0.2, 0) is 16.1 Å². The van der Waals surface area contributed by atoms with Crippen LogP contribution < -0.4 is 5.56 Å². The maximum Gasteiger partial charge on any atom is 0.331 e. The summed E-state index contributed by atoms with van der Waals surface area (Å²) >= 11 is 0. The predicted molar refractivity (Wildman–Crippen MR) is 96.5 cm³/mol. The molecule has 6 heteroatoms. The van der Waals surface area contributed by atoms with Crippen molar-refractivity contribution < 1.29 is 13.9 Å². The van der Waals surface area contributed by atoms with Crippen LogP contribution >= 0.6 is 0 Å². The number of hydrogen-bond donors (Lipinski definition) is 0. The number of allylic oxidation sites excluding steroid dienone is 1. The van der Waals surface area contributed by atoms with E-state index in [2.05, 4.69) is 4.98 Å². The third kappa shape index (κ3) is 3.69. The van der Waals surface area contributed by atoms with E-state index in [1.165, 1.54) is 34.9 Å². The van der Waals surface area contributed by atoms with Crippen LogP contribution in [0, 0.1) is 5.82 Å². The second-order valence-electron chi connectivity index (χ2n) is 5.99. The van der Waals surface area contributed by atoms with Gasteiger partial charge in [-0.15, -0.1) is 0 Å². The molecule has 0 aliphatic heterocycles. The first-order valence-electron chi connectivity index (χ1n) is 8.04. The van der Waals surface area contributed by atoms with Crippen LogP contribution in [0.1, 0.15) is 19.7 Å². The second-order valence-corrected chi connectivity index (χ2v) is 5.99. The molecule has 0 unspecified atom stereocenters. The molecule has 0 radical (unpaired) electrons. The van der Waals surface area contributed by atoms with Gasteiger partial charge >= 0.3 is 5.97 Å². The molecule has 0 aliphatic rings. The van der Waals surface area contributed by atoms with Gasteiger partial charge in [0, 0.05) is 6.08 Å². The summed E-state index contributed by atoms with van der Waals surface area (Å²) in [6.45, 7) is 3.38. The van der Waals surface area contributed by atoms with Gasteiger partial charge in [-0.1, -0.05) is 17.7 Å². The Hall–Kier alpha value is -3.28. The van der Waals surface area contributed by atoms with Crippen LogP contribution in [0.4, 0.5) is 4.39 Å². The molecule has 0 N–H and O–H groups in total. The van der Waals surface area contributed by atoms with Gasteiger partial charge in [-0.25, -0.2) is 14.2 Å². The molecule has 0 atom stereocenters. The lowest BCUT2D eigenvalue weighted by atomic mass is 10.2. The van der Waals surface area contributed by atoms with Gasteiger partial charge in [-0.2, -0.15) is 0 Å². The van der Waals surface area contributed by atoms with Crippen LogP contribution in [0.5, 0.6) is 0 Å². The van der Waals surface area contributed by atoms with E-state index in [1.807, 2.05) is 0 Å². The molecule has 3 rings (SSSR count). The molecule has 0 saturated heterocycles. The number of fused-ring (bicyclic) bond motifs is 1. The van der Waals surface area contributed by atoms with Crippen LogP contribution in [0.3, 0.4) is 0 Å². The van der Waals surface area contributed by atoms with Gasteiger partial charge in [0.1, 0.15) is 12.4 Å². The number of ether oxygens (including phenoxy) is 1. The average molecular weight is 352 g/mol. The lowest BCUT2D eigenvalue weighted by Crippen LogP contribution is -2.25. The fraction of sp³-hybridized carbons (Fsp3) is 0.150. The molecule has 5 nitrogen and oxygen atoms in total. The molecular formula is C20H17FN2O3. The number of rotatable bonds is 4. The van der Waals surface area contributed by atoms with Crippen molar-refractivity contribution >= 4 is 16.9 Å². The summed E-state index contributed by atoms with van der Waals surface area (Å²) in [5, 5.41) is 0.427. The lowest BCUT2D eigenvalue weighted by molar-refractivity contribution is -0.139. The summed E-state index contributed by atoms with van der Waals surface area (Å²) in [6, 6.07) is 12.4. The highest BCUT2D eigenvalue weighted by atomic mass is 19.1. The molecule has 0 amide bonds. The maximum atomic E-state index is 13.3. The van der Waals surface area contributed by atoms with Crippen LogP contribution in [0.25, 0.3) is 16.6 Å². The molecule has 0 saturated carbocycles. The first-order chi connectivity index (χ1) is 12.5. The molecule has 0 fully saturated rings. The van der Waals surface area contributed by atoms with Crippen LogP contribution in [-0.4, -0.2) is 15.5 Å². The smallest absolute Gasteiger partial charge is 0.331 e. The zero-order chi connectivity index (χ0) is 18.7. The predicted octanol–water partition coefficient (Wildman–Crippen LogP) is 3.53. The number of aromatic nitrogens is 2. The molecule has 0 spiro atoms. The van der Waals surface area contributed by atoms with Gasteiger partial charge in [-0.05, 0) is 50.2 Å². The Labute approximate surface area is 149 Å². The Morgan fingerprint density at radius 1 is 1.15 bits per heavy atom. The van der Waals surface area contributed by atoms with Crippen LogP contribution in [0.2, 0.25) is 0 Å². The minimum atomic E-state index is -0.516. The number of para-hydroxylation sites is 1. The summed E-state index contributed by atoms with van der Waals surface area (Å²) in [4.78, 5) is 29.2. The molecular weight excluding hydrogens is 335 g/mol. The Balaban J connectivity index is 2.12. The van der Waals surface area contributed by atoms with Gasteiger partial charge < -0.3 is 4.74 Å². The fourth-order valence-corrected chi connectivity index (χ4v) is 2.55. The first-order valence-corrected chi connectivity index (χ1v) is 8.04. The Morgan fingerprint density at radius 3 is 2.54 bits per heavy atom. The summed E-state index contributed by atoms with van der Waals surface area (Å²) in [5.74, 6) is -0.666. The normalized spacial score (nSPS) is 10.6. The Bertz CT molecular complexity index is 1050.